The minimum Gasteiger partial charge on any atom is -0.333 e. The van der Waals surface area contributed by atoms with Crippen molar-refractivity contribution in [3.05, 3.63) is 10.6 Å². The summed E-state index contributed by atoms with van der Waals surface area (Å²) in [6.07, 6.45) is 4.15. The molecule has 1 amide bonds. The van der Waals surface area contributed by atoms with Gasteiger partial charge in [0.1, 0.15) is 10.4 Å². The molecule has 0 aliphatic heterocycles. The Morgan fingerprint density at radius 3 is 2.88 bits per heavy atom. The van der Waals surface area contributed by atoms with Crippen LogP contribution in [0.1, 0.15) is 48.0 Å². The lowest BCUT2D eigenvalue weighted by atomic mass is 10.00. The SMILES string of the molecule is CCc1nnsc1C(=O)NC1(C#N)CCCC1. The number of carbonyl (C=O) groups excluding carboxylic acids is 1. The van der Waals surface area contributed by atoms with Crippen molar-refractivity contribution in [2.45, 2.75) is 44.6 Å². The van der Waals surface area contributed by atoms with E-state index in [0.717, 1.165) is 37.2 Å². The summed E-state index contributed by atoms with van der Waals surface area (Å²) in [6.45, 7) is 1.93. The number of amides is 1. The summed E-state index contributed by atoms with van der Waals surface area (Å²) in [7, 11) is 0. The van der Waals surface area contributed by atoms with Crippen molar-refractivity contribution in [2.75, 3.05) is 0 Å². The third-order valence-electron chi connectivity index (χ3n) is 3.12. The number of nitrogens with zero attached hydrogens (tertiary/aromatic N) is 3. The van der Waals surface area contributed by atoms with Crippen LogP contribution in [-0.4, -0.2) is 21.0 Å². The molecule has 0 unspecified atom stereocenters. The summed E-state index contributed by atoms with van der Waals surface area (Å²) in [6, 6.07) is 2.24. The van der Waals surface area contributed by atoms with E-state index >= 15 is 0 Å². The van der Waals surface area contributed by atoms with E-state index in [4.69, 9.17) is 0 Å². The molecule has 0 spiro atoms. The molecule has 17 heavy (non-hydrogen) atoms. The van der Waals surface area contributed by atoms with Gasteiger partial charge in [0.25, 0.3) is 5.91 Å². The number of carbonyl (C=O) groups is 1. The van der Waals surface area contributed by atoms with E-state index in [1.54, 1.807) is 0 Å². The van der Waals surface area contributed by atoms with Crippen molar-refractivity contribution in [1.82, 2.24) is 14.9 Å². The molecule has 1 aromatic rings. The predicted octanol–water partition coefficient (Wildman–Crippen LogP) is 1.67. The molecule has 1 N–H and O–H groups in total. The van der Waals surface area contributed by atoms with Gasteiger partial charge >= 0.3 is 0 Å². The third kappa shape index (κ3) is 2.29. The smallest absolute Gasteiger partial charge is 0.266 e. The predicted molar refractivity (Wildman–Crippen MR) is 63.6 cm³/mol. The van der Waals surface area contributed by atoms with Crippen molar-refractivity contribution in [2.24, 2.45) is 0 Å². The van der Waals surface area contributed by atoms with Crippen molar-refractivity contribution >= 4 is 17.4 Å². The Kier molecular flexibility index (Phi) is 3.38. The lowest BCUT2D eigenvalue weighted by molar-refractivity contribution is 0.0923. The van der Waals surface area contributed by atoms with Crippen LogP contribution >= 0.6 is 11.5 Å². The first-order valence-corrected chi connectivity index (χ1v) is 6.53. The summed E-state index contributed by atoms with van der Waals surface area (Å²) in [5, 5.41) is 16.0. The van der Waals surface area contributed by atoms with Gasteiger partial charge in [0.15, 0.2) is 0 Å². The van der Waals surface area contributed by atoms with E-state index < -0.39 is 5.54 Å². The second-order valence-electron chi connectivity index (χ2n) is 4.26. The van der Waals surface area contributed by atoms with E-state index in [0.29, 0.717) is 17.0 Å². The monoisotopic (exact) mass is 250 g/mol. The van der Waals surface area contributed by atoms with Gasteiger partial charge < -0.3 is 5.32 Å². The van der Waals surface area contributed by atoms with Crippen molar-refractivity contribution in [3.8, 4) is 6.07 Å². The Bertz CT molecular complexity index is 456. The molecule has 1 saturated carbocycles. The number of aryl methyl sites for hydroxylation is 1. The average Bonchev–Trinajstić information content (AvgIpc) is 2.97. The molecule has 6 heteroatoms. The highest BCUT2D eigenvalue weighted by Gasteiger charge is 2.36. The fourth-order valence-corrected chi connectivity index (χ4v) is 2.78. The second-order valence-corrected chi connectivity index (χ2v) is 5.01. The molecule has 1 aliphatic rings. The molecule has 90 valence electrons. The first-order chi connectivity index (χ1) is 8.21. The lowest BCUT2D eigenvalue weighted by Gasteiger charge is -2.21. The number of hydrogen-bond donors (Lipinski definition) is 1. The van der Waals surface area contributed by atoms with E-state index in [1.807, 2.05) is 6.92 Å². The first-order valence-electron chi connectivity index (χ1n) is 5.76. The van der Waals surface area contributed by atoms with E-state index in [1.165, 1.54) is 0 Å². The Labute approximate surface area is 104 Å². The lowest BCUT2D eigenvalue weighted by Crippen LogP contribution is -2.45. The molecule has 0 radical (unpaired) electrons. The van der Waals surface area contributed by atoms with Crippen LogP contribution in [0.2, 0.25) is 0 Å². The quantitative estimate of drug-likeness (QED) is 0.885. The van der Waals surface area contributed by atoms with Gasteiger partial charge in [0.2, 0.25) is 0 Å². The van der Waals surface area contributed by atoms with Crippen LogP contribution in [0.15, 0.2) is 0 Å². The molecule has 1 aliphatic carbocycles. The summed E-state index contributed by atoms with van der Waals surface area (Å²) in [5.41, 5.74) is 0.0325. The molecular weight excluding hydrogens is 236 g/mol. The molecule has 0 atom stereocenters. The van der Waals surface area contributed by atoms with Gasteiger partial charge in [-0.3, -0.25) is 4.79 Å². The maximum Gasteiger partial charge on any atom is 0.266 e. The number of rotatable bonds is 3. The Morgan fingerprint density at radius 2 is 2.29 bits per heavy atom. The zero-order valence-electron chi connectivity index (χ0n) is 9.69. The summed E-state index contributed by atoms with van der Waals surface area (Å²) in [5.74, 6) is -0.208. The van der Waals surface area contributed by atoms with Crippen molar-refractivity contribution in [3.63, 3.8) is 0 Å². The first kappa shape index (κ1) is 12.0. The molecule has 1 aromatic heterocycles. The maximum absolute atomic E-state index is 12.1. The molecular formula is C11H14N4OS. The van der Waals surface area contributed by atoms with Gasteiger partial charge in [0, 0.05) is 0 Å². The van der Waals surface area contributed by atoms with E-state index in [2.05, 4.69) is 21.0 Å². The molecule has 2 rings (SSSR count). The number of hydrogen-bond acceptors (Lipinski definition) is 5. The van der Waals surface area contributed by atoms with Gasteiger partial charge in [-0.25, -0.2) is 0 Å². The van der Waals surface area contributed by atoms with Crippen LogP contribution in [-0.2, 0) is 6.42 Å². The fraction of sp³-hybridized carbons (Fsp3) is 0.636. The largest absolute Gasteiger partial charge is 0.333 e. The fourth-order valence-electron chi connectivity index (χ4n) is 2.13. The minimum atomic E-state index is -0.675. The second kappa shape index (κ2) is 4.80. The van der Waals surface area contributed by atoms with Gasteiger partial charge in [-0.1, -0.05) is 11.4 Å². The van der Waals surface area contributed by atoms with Crippen LogP contribution in [0.25, 0.3) is 0 Å². The highest BCUT2D eigenvalue weighted by atomic mass is 32.1. The summed E-state index contributed by atoms with van der Waals surface area (Å²) in [4.78, 5) is 12.6. The molecule has 1 fully saturated rings. The average molecular weight is 250 g/mol. The van der Waals surface area contributed by atoms with Crippen LogP contribution < -0.4 is 5.32 Å². The third-order valence-corrected chi connectivity index (χ3v) is 3.89. The standard InChI is InChI=1S/C11H14N4OS/c1-2-8-9(17-15-14-8)10(16)13-11(7-12)5-3-4-6-11/h2-6H2,1H3,(H,13,16). The van der Waals surface area contributed by atoms with Crippen LogP contribution in [0.3, 0.4) is 0 Å². The van der Waals surface area contributed by atoms with Gasteiger partial charge in [0.05, 0.1) is 11.8 Å². The highest BCUT2D eigenvalue weighted by Crippen LogP contribution is 2.29. The Balaban J connectivity index is 2.14. The Hall–Kier alpha value is -1.48. The van der Waals surface area contributed by atoms with Crippen LogP contribution in [0.5, 0.6) is 0 Å². The molecule has 0 aromatic carbocycles. The van der Waals surface area contributed by atoms with Crippen LogP contribution in [0, 0.1) is 11.3 Å². The van der Waals surface area contributed by atoms with Gasteiger partial charge in [-0.15, -0.1) is 5.10 Å². The van der Waals surface area contributed by atoms with Crippen molar-refractivity contribution in [1.29, 1.82) is 5.26 Å². The zero-order chi connectivity index (χ0) is 12.3. The van der Waals surface area contributed by atoms with E-state index in [-0.39, 0.29) is 5.91 Å². The molecule has 5 nitrogen and oxygen atoms in total. The summed E-state index contributed by atoms with van der Waals surface area (Å²) < 4.78 is 3.79. The summed E-state index contributed by atoms with van der Waals surface area (Å²) >= 11 is 1.09. The Morgan fingerprint density at radius 1 is 1.59 bits per heavy atom. The molecule has 0 saturated heterocycles. The van der Waals surface area contributed by atoms with Crippen molar-refractivity contribution < 1.29 is 4.79 Å². The normalized spacial score (nSPS) is 17.6. The number of aromatic nitrogens is 2. The number of nitrogens with one attached hydrogen (secondary N) is 1. The minimum absolute atomic E-state index is 0.208. The molecule has 0 bridgehead atoms. The maximum atomic E-state index is 12.1. The topological polar surface area (TPSA) is 78.7 Å². The van der Waals surface area contributed by atoms with Gasteiger partial charge in [-0.05, 0) is 43.6 Å². The molecule has 1 heterocycles. The van der Waals surface area contributed by atoms with Crippen LogP contribution in [0.4, 0.5) is 0 Å². The van der Waals surface area contributed by atoms with Gasteiger partial charge in [-0.2, -0.15) is 5.26 Å². The van der Waals surface area contributed by atoms with E-state index in [9.17, 15) is 10.1 Å². The number of nitriles is 1. The highest BCUT2D eigenvalue weighted by molar-refractivity contribution is 7.08. The zero-order valence-corrected chi connectivity index (χ0v) is 10.5.